The maximum Gasteiger partial charge on any atom is 0.323 e. The molecule has 0 bridgehead atoms. The van der Waals surface area contributed by atoms with Gasteiger partial charge in [-0.3, -0.25) is 5.32 Å². The molecule has 1 aromatic heterocycles. The minimum Gasteiger partial charge on any atom is -0.494 e. The number of anilines is 1. The molecule has 1 heterocycles. The van der Waals surface area contributed by atoms with Crippen LogP contribution in [0, 0.1) is 5.92 Å². The molecule has 2 aromatic rings. The number of carbonyl (C=O) groups excluding carboxylic acids is 1. The zero-order valence-corrected chi connectivity index (χ0v) is 16.1. The van der Waals surface area contributed by atoms with E-state index in [-0.39, 0.29) is 6.03 Å². The summed E-state index contributed by atoms with van der Waals surface area (Å²) >= 11 is 1.44. The number of amides is 2. The Labute approximate surface area is 159 Å². The highest BCUT2D eigenvalue weighted by atomic mass is 32.1. The SMILES string of the molecule is CCOc1ccccc1CN(CC1CCCCC1)C(=O)Nc1nccs1. The molecule has 1 aromatic carbocycles. The lowest BCUT2D eigenvalue weighted by molar-refractivity contribution is 0.186. The minimum absolute atomic E-state index is 0.0863. The van der Waals surface area contributed by atoms with Gasteiger partial charge in [-0.05, 0) is 31.7 Å². The summed E-state index contributed by atoms with van der Waals surface area (Å²) in [4.78, 5) is 19.0. The Balaban J connectivity index is 1.74. The molecular weight excluding hydrogens is 346 g/mol. The van der Waals surface area contributed by atoms with E-state index in [1.54, 1.807) is 6.20 Å². The van der Waals surface area contributed by atoms with Crippen molar-refractivity contribution in [3.05, 3.63) is 41.4 Å². The number of nitrogens with one attached hydrogen (secondary N) is 1. The van der Waals surface area contributed by atoms with Crippen LogP contribution in [0.15, 0.2) is 35.8 Å². The van der Waals surface area contributed by atoms with Gasteiger partial charge in [0.25, 0.3) is 0 Å². The lowest BCUT2D eigenvalue weighted by atomic mass is 9.89. The molecule has 0 saturated heterocycles. The number of hydrogen-bond donors (Lipinski definition) is 1. The zero-order chi connectivity index (χ0) is 18.2. The van der Waals surface area contributed by atoms with Crippen LogP contribution in [0.1, 0.15) is 44.6 Å². The molecule has 6 heteroatoms. The lowest BCUT2D eigenvalue weighted by Gasteiger charge is -2.30. The number of carbonyl (C=O) groups is 1. The van der Waals surface area contributed by atoms with Gasteiger partial charge in [0.1, 0.15) is 5.75 Å². The van der Waals surface area contributed by atoms with Crippen molar-refractivity contribution >= 4 is 22.5 Å². The zero-order valence-electron chi connectivity index (χ0n) is 15.3. The normalized spacial score (nSPS) is 14.8. The second-order valence-electron chi connectivity index (χ2n) is 6.69. The first-order valence-electron chi connectivity index (χ1n) is 9.42. The van der Waals surface area contributed by atoms with Crippen molar-refractivity contribution in [1.29, 1.82) is 0 Å². The molecule has 3 rings (SSSR count). The Morgan fingerprint density at radius 2 is 2.12 bits per heavy atom. The molecule has 26 heavy (non-hydrogen) atoms. The van der Waals surface area contributed by atoms with Gasteiger partial charge >= 0.3 is 6.03 Å². The van der Waals surface area contributed by atoms with Crippen molar-refractivity contribution in [2.75, 3.05) is 18.5 Å². The number of benzene rings is 1. The number of ether oxygens (including phenoxy) is 1. The van der Waals surface area contributed by atoms with Crippen LogP contribution in [0.25, 0.3) is 0 Å². The van der Waals surface area contributed by atoms with Gasteiger partial charge in [0.15, 0.2) is 5.13 Å². The van der Waals surface area contributed by atoms with Crippen LogP contribution in [0.2, 0.25) is 0 Å². The molecule has 0 radical (unpaired) electrons. The summed E-state index contributed by atoms with van der Waals surface area (Å²) in [5.74, 6) is 1.43. The van der Waals surface area contributed by atoms with E-state index in [4.69, 9.17) is 4.74 Å². The summed E-state index contributed by atoms with van der Waals surface area (Å²) < 4.78 is 5.74. The molecule has 1 aliphatic carbocycles. The van der Waals surface area contributed by atoms with E-state index in [0.717, 1.165) is 17.9 Å². The van der Waals surface area contributed by atoms with Crippen LogP contribution in [0.4, 0.5) is 9.93 Å². The lowest BCUT2D eigenvalue weighted by Crippen LogP contribution is -2.38. The molecule has 1 N–H and O–H groups in total. The number of nitrogens with zero attached hydrogens (tertiary/aromatic N) is 2. The highest BCUT2D eigenvalue weighted by molar-refractivity contribution is 7.13. The van der Waals surface area contributed by atoms with Crippen LogP contribution < -0.4 is 10.1 Å². The second kappa shape index (κ2) is 9.57. The Kier molecular flexibility index (Phi) is 6.89. The van der Waals surface area contributed by atoms with E-state index in [1.807, 2.05) is 41.5 Å². The van der Waals surface area contributed by atoms with E-state index < -0.39 is 0 Å². The number of rotatable bonds is 7. The monoisotopic (exact) mass is 373 g/mol. The first-order chi connectivity index (χ1) is 12.8. The quantitative estimate of drug-likeness (QED) is 0.730. The standard InChI is InChI=1S/C20H27N3O2S/c1-2-25-18-11-7-6-10-17(18)15-23(14-16-8-4-3-5-9-16)20(24)22-19-21-12-13-26-19/h6-7,10-13,16H,2-5,8-9,14-15H2,1H3,(H,21,22,24). The third-order valence-electron chi connectivity index (χ3n) is 4.77. The van der Waals surface area contributed by atoms with E-state index >= 15 is 0 Å². The average Bonchev–Trinajstić information content (AvgIpc) is 3.17. The van der Waals surface area contributed by atoms with Crippen molar-refractivity contribution in [3.63, 3.8) is 0 Å². The Hall–Kier alpha value is -2.08. The van der Waals surface area contributed by atoms with Crippen molar-refractivity contribution in [1.82, 2.24) is 9.88 Å². The van der Waals surface area contributed by atoms with Crippen LogP contribution in [0.3, 0.4) is 0 Å². The smallest absolute Gasteiger partial charge is 0.323 e. The number of aromatic nitrogens is 1. The van der Waals surface area contributed by atoms with Crippen LogP contribution >= 0.6 is 11.3 Å². The van der Waals surface area contributed by atoms with E-state index in [2.05, 4.69) is 10.3 Å². The Morgan fingerprint density at radius 1 is 1.31 bits per heavy atom. The summed E-state index contributed by atoms with van der Waals surface area (Å²) in [7, 11) is 0. The fourth-order valence-corrected chi connectivity index (χ4v) is 4.01. The molecule has 1 fully saturated rings. The van der Waals surface area contributed by atoms with Crippen molar-refractivity contribution < 1.29 is 9.53 Å². The fourth-order valence-electron chi connectivity index (χ4n) is 3.49. The summed E-state index contributed by atoms with van der Waals surface area (Å²) in [6.45, 7) is 3.91. The van der Waals surface area contributed by atoms with Gasteiger partial charge in [-0.1, -0.05) is 37.5 Å². The van der Waals surface area contributed by atoms with Crippen molar-refractivity contribution in [3.8, 4) is 5.75 Å². The molecule has 0 unspecified atom stereocenters. The van der Waals surface area contributed by atoms with Crippen LogP contribution in [-0.2, 0) is 6.54 Å². The first kappa shape index (κ1) is 18.7. The number of hydrogen-bond acceptors (Lipinski definition) is 4. The molecule has 1 aliphatic rings. The second-order valence-corrected chi connectivity index (χ2v) is 7.59. The van der Waals surface area contributed by atoms with Crippen LogP contribution in [-0.4, -0.2) is 29.1 Å². The highest BCUT2D eigenvalue weighted by Gasteiger charge is 2.22. The van der Waals surface area contributed by atoms with E-state index in [9.17, 15) is 4.79 Å². The van der Waals surface area contributed by atoms with Gasteiger partial charge in [0.05, 0.1) is 13.2 Å². The third-order valence-corrected chi connectivity index (χ3v) is 5.46. The maximum atomic E-state index is 12.9. The Bertz CT molecular complexity index is 684. The molecular formula is C20H27N3O2S. The fraction of sp³-hybridized carbons (Fsp3) is 0.500. The molecule has 5 nitrogen and oxygen atoms in total. The average molecular weight is 374 g/mol. The van der Waals surface area contributed by atoms with Gasteiger partial charge < -0.3 is 9.64 Å². The summed E-state index contributed by atoms with van der Waals surface area (Å²) in [6, 6.07) is 7.88. The number of thiazole rings is 1. The van der Waals surface area contributed by atoms with Gasteiger partial charge in [-0.25, -0.2) is 9.78 Å². The predicted molar refractivity (Wildman–Crippen MR) is 106 cm³/mol. The topological polar surface area (TPSA) is 54.5 Å². The maximum absolute atomic E-state index is 12.9. The third kappa shape index (κ3) is 5.21. The Morgan fingerprint density at radius 3 is 2.85 bits per heavy atom. The van der Waals surface area contributed by atoms with E-state index in [0.29, 0.717) is 24.2 Å². The molecule has 140 valence electrons. The van der Waals surface area contributed by atoms with Gasteiger partial charge in [0, 0.05) is 23.7 Å². The van der Waals surface area contributed by atoms with Crippen molar-refractivity contribution in [2.24, 2.45) is 5.92 Å². The van der Waals surface area contributed by atoms with Crippen molar-refractivity contribution in [2.45, 2.75) is 45.6 Å². The van der Waals surface area contributed by atoms with Gasteiger partial charge in [-0.2, -0.15) is 0 Å². The summed E-state index contributed by atoms with van der Waals surface area (Å²) in [6.07, 6.45) is 7.96. The van der Waals surface area contributed by atoms with E-state index in [1.165, 1.54) is 43.4 Å². The number of urea groups is 1. The molecule has 0 spiro atoms. The number of para-hydroxylation sites is 1. The first-order valence-corrected chi connectivity index (χ1v) is 10.3. The molecule has 2 amide bonds. The largest absolute Gasteiger partial charge is 0.494 e. The van der Waals surface area contributed by atoms with Gasteiger partial charge in [0.2, 0.25) is 0 Å². The molecule has 0 atom stereocenters. The minimum atomic E-state index is -0.0863. The van der Waals surface area contributed by atoms with Crippen LogP contribution in [0.5, 0.6) is 5.75 Å². The molecule has 1 saturated carbocycles. The summed E-state index contributed by atoms with van der Waals surface area (Å²) in [5.41, 5.74) is 1.04. The molecule has 0 aliphatic heterocycles. The summed E-state index contributed by atoms with van der Waals surface area (Å²) in [5, 5.41) is 5.44. The van der Waals surface area contributed by atoms with Gasteiger partial charge in [-0.15, -0.1) is 11.3 Å². The predicted octanol–water partition coefficient (Wildman–Crippen LogP) is 5.16. The highest BCUT2D eigenvalue weighted by Crippen LogP contribution is 2.27.